The van der Waals surface area contributed by atoms with Gasteiger partial charge in [-0.1, -0.05) is 164 Å². The Kier molecular flexibility index (Phi) is 7.71. The highest BCUT2D eigenvalue weighted by Crippen LogP contribution is 2.43. The fourth-order valence-electron chi connectivity index (χ4n) is 7.48. The summed E-state index contributed by atoms with van der Waals surface area (Å²) in [5.74, 6) is 0.723. The molecule has 8 aromatic carbocycles. The Labute approximate surface area is 312 Å². The van der Waals surface area contributed by atoms with Crippen molar-refractivity contribution in [1.29, 1.82) is 0 Å². The molecule has 2 heterocycles. The van der Waals surface area contributed by atoms with Crippen LogP contribution >= 0.6 is 11.3 Å². The molecule has 0 saturated heterocycles. The van der Waals surface area contributed by atoms with E-state index < -0.39 is 0 Å². The van der Waals surface area contributed by atoms with Crippen LogP contribution in [0.25, 0.3) is 98.2 Å². The van der Waals surface area contributed by atoms with Crippen LogP contribution in [0.1, 0.15) is 0 Å². The van der Waals surface area contributed by atoms with E-state index in [-0.39, 0.29) is 0 Å². The number of aromatic nitrogens is 2. The average Bonchev–Trinajstić information content (AvgIpc) is 3.63. The predicted molar refractivity (Wildman–Crippen MR) is 225 cm³/mol. The fourth-order valence-corrected chi connectivity index (χ4v) is 8.57. The molecule has 0 saturated carbocycles. The minimum absolute atomic E-state index is 0.723. The van der Waals surface area contributed by atoms with E-state index in [2.05, 4.69) is 194 Å². The summed E-state index contributed by atoms with van der Waals surface area (Å²) in [6.07, 6.45) is 0. The number of rotatable bonds is 6. The van der Waals surface area contributed by atoms with Gasteiger partial charge in [0.1, 0.15) is 4.83 Å². The van der Waals surface area contributed by atoms with Crippen molar-refractivity contribution >= 4 is 42.4 Å². The Morgan fingerprint density at radius 3 is 1.38 bits per heavy atom. The van der Waals surface area contributed by atoms with E-state index in [9.17, 15) is 0 Å². The summed E-state index contributed by atoms with van der Waals surface area (Å²) in [6.45, 7) is 0. The largest absolute Gasteiger partial charge is 0.227 e. The van der Waals surface area contributed by atoms with Gasteiger partial charge in [0, 0.05) is 26.6 Å². The van der Waals surface area contributed by atoms with Gasteiger partial charge in [0.2, 0.25) is 0 Å². The average molecular weight is 693 g/mol. The van der Waals surface area contributed by atoms with Gasteiger partial charge in [-0.25, -0.2) is 9.97 Å². The van der Waals surface area contributed by atoms with E-state index in [0.29, 0.717) is 0 Å². The van der Waals surface area contributed by atoms with Crippen molar-refractivity contribution in [2.75, 3.05) is 0 Å². The first kappa shape index (κ1) is 31.1. The topological polar surface area (TPSA) is 25.8 Å². The minimum Gasteiger partial charge on any atom is -0.227 e. The number of thiophene rings is 1. The second-order valence-electron chi connectivity index (χ2n) is 13.4. The lowest BCUT2D eigenvalue weighted by molar-refractivity contribution is 1.24. The Morgan fingerprint density at radius 1 is 0.321 bits per heavy atom. The molecule has 0 bridgehead atoms. The maximum atomic E-state index is 5.47. The maximum Gasteiger partial charge on any atom is 0.161 e. The molecule has 2 nitrogen and oxygen atoms in total. The van der Waals surface area contributed by atoms with E-state index in [1.165, 1.54) is 48.7 Å². The quantitative estimate of drug-likeness (QED) is 0.173. The molecule has 0 aliphatic heterocycles. The van der Waals surface area contributed by atoms with Crippen molar-refractivity contribution in [1.82, 2.24) is 9.97 Å². The first-order chi connectivity index (χ1) is 26.2. The van der Waals surface area contributed by atoms with Gasteiger partial charge < -0.3 is 0 Å². The SMILES string of the molecule is c1ccc(-c2cccc(-c3cccc(-c4nc(-c5cccc(-c6cccc(-c7ccccc7)c6)c5)c5c(n4)sc4ccc6ccccc6c45)c3)c2)cc1. The second kappa shape index (κ2) is 13.1. The third-order valence-corrected chi connectivity index (χ3v) is 11.1. The van der Waals surface area contributed by atoms with Crippen LogP contribution in [0.3, 0.4) is 0 Å². The smallest absolute Gasteiger partial charge is 0.161 e. The van der Waals surface area contributed by atoms with Crippen molar-refractivity contribution in [3.05, 3.63) is 194 Å². The normalized spacial score (nSPS) is 11.4. The molecule has 53 heavy (non-hydrogen) atoms. The molecule has 248 valence electrons. The lowest BCUT2D eigenvalue weighted by Crippen LogP contribution is -1.94. The molecule has 0 N–H and O–H groups in total. The maximum absolute atomic E-state index is 5.47. The lowest BCUT2D eigenvalue weighted by Gasteiger charge is -2.12. The molecule has 10 aromatic rings. The first-order valence-corrected chi connectivity index (χ1v) is 18.7. The molecule has 0 aliphatic rings. The standard InChI is InChI=1S/C50H32N2S/c1-3-13-33(14-4-1)36-18-9-20-38(29-36)40-22-11-24-42(31-40)48-47-46-44-26-8-7-17-35(44)27-28-45(46)53-50(47)52-49(51-48)43-25-12-23-41(32-43)39-21-10-19-37(30-39)34-15-5-2-6-16-34/h1-32H. The van der Waals surface area contributed by atoms with Crippen molar-refractivity contribution in [2.24, 2.45) is 0 Å². The number of benzene rings is 8. The van der Waals surface area contributed by atoms with Crippen molar-refractivity contribution in [3.63, 3.8) is 0 Å². The molecule has 3 heteroatoms. The molecular weight excluding hydrogens is 661 g/mol. The first-order valence-electron chi connectivity index (χ1n) is 17.9. The summed E-state index contributed by atoms with van der Waals surface area (Å²) >= 11 is 1.74. The Hall–Kier alpha value is -6.68. The van der Waals surface area contributed by atoms with Crippen LogP contribution in [-0.2, 0) is 0 Å². The zero-order chi connectivity index (χ0) is 35.1. The molecule has 0 unspecified atom stereocenters. The zero-order valence-electron chi connectivity index (χ0n) is 28.8. The van der Waals surface area contributed by atoms with Gasteiger partial charge in [-0.15, -0.1) is 11.3 Å². The number of hydrogen-bond donors (Lipinski definition) is 0. The van der Waals surface area contributed by atoms with Crippen LogP contribution in [0, 0.1) is 0 Å². The summed E-state index contributed by atoms with van der Waals surface area (Å²) in [7, 11) is 0. The third-order valence-electron chi connectivity index (χ3n) is 10.1. The van der Waals surface area contributed by atoms with E-state index >= 15 is 0 Å². The summed E-state index contributed by atoms with van der Waals surface area (Å²) in [4.78, 5) is 11.8. The minimum atomic E-state index is 0.723. The van der Waals surface area contributed by atoms with Crippen molar-refractivity contribution in [2.45, 2.75) is 0 Å². The third kappa shape index (κ3) is 5.78. The zero-order valence-corrected chi connectivity index (χ0v) is 29.6. The summed E-state index contributed by atoms with van der Waals surface area (Å²) in [6, 6.07) is 69.2. The summed E-state index contributed by atoms with van der Waals surface area (Å²) in [5, 5.41) is 4.76. The molecule has 2 aromatic heterocycles. The molecule has 10 rings (SSSR count). The number of fused-ring (bicyclic) bond motifs is 5. The van der Waals surface area contributed by atoms with E-state index in [1.807, 2.05) is 0 Å². The molecule has 0 aliphatic carbocycles. The van der Waals surface area contributed by atoms with Gasteiger partial charge in [0.05, 0.1) is 5.69 Å². The Bertz CT molecular complexity index is 2950. The van der Waals surface area contributed by atoms with Gasteiger partial charge in [0.15, 0.2) is 5.82 Å². The molecule has 0 fully saturated rings. The molecule has 0 spiro atoms. The van der Waals surface area contributed by atoms with Crippen LogP contribution in [0.5, 0.6) is 0 Å². The van der Waals surface area contributed by atoms with Gasteiger partial charge >= 0.3 is 0 Å². The Morgan fingerprint density at radius 2 is 0.774 bits per heavy atom. The highest BCUT2D eigenvalue weighted by Gasteiger charge is 2.19. The monoisotopic (exact) mass is 692 g/mol. The van der Waals surface area contributed by atoms with Crippen LogP contribution < -0.4 is 0 Å². The van der Waals surface area contributed by atoms with Crippen LogP contribution in [0.15, 0.2) is 194 Å². The summed E-state index contributed by atoms with van der Waals surface area (Å²) in [5.41, 5.74) is 12.4. The van der Waals surface area contributed by atoms with Gasteiger partial charge in [-0.2, -0.15) is 0 Å². The van der Waals surface area contributed by atoms with E-state index in [1.54, 1.807) is 11.3 Å². The van der Waals surface area contributed by atoms with E-state index in [4.69, 9.17) is 9.97 Å². The highest BCUT2D eigenvalue weighted by atomic mass is 32.1. The predicted octanol–water partition coefficient (Wildman–Crippen LogP) is 14.0. The van der Waals surface area contributed by atoms with E-state index in [0.717, 1.165) is 49.6 Å². The van der Waals surface area contributed by atoms with Crippen LogP contribution in [-0.4, -0.2) is 9.97 Å². The Balaban J connectivity index is 1.15. The number of nitrogens with zero attached hydrogens (tertiary/aromatic N) is 2. The van der Waals surface area contributed by atoms with Gasteiger partial charge in [-0.05, 0) is 85.6 Å². The molecule has 0 amide bonds. The van der Waals surface area contributed by atoms with Crippen molar-refractivity contribution in [3.8, 4) is 67.2 Å². The van der Waals surface area contributed by atoms with Crippen LogP contribution in [0.4, 0.5) is 0 Å². The second-order valence-corrected chi connectivity index (χ2v) is 14.4. The highest BCUT2D eigenvalue weighted by molar-refractivity contribution is 7.25. The summed E-state index contributed by atoms with van der Waals surface area (Å²) < 4.78 is 1.21. The molecule has 0 atom stereocenters. The van der Waals surface area contributed by atoms with Crippen molar-refractivity contribution < 1.29 is 0 Å². The molecular formula is C50H32N2S. The fraction of sp³-hybridized carbons (Fsp3) is 0. The van der Waals surface area contributed by atoms with Gasteiger partial charge in [0.25, 0.3) is 0 Å². The van der Waals surface area contributed by atoms with Gasteiger partial charge in [-0.3, -0.25) is 0 Å². The van der Waals surface area contributed by atoms with Crippen LogP contribution in [0.2, 0.25) is 0 Å². The lowest BCUT2D eigenvalue weighted by atomic mass is 9.96. The molecule has 0 radical (unpaired) electrons. The number of hydrogen-bond acceptors (Lipinski definition) is 3.